The van der Waals surface area contributed by atoms with Crippen LogP contribution in [0.25, 0.3) is 0 Å². The molecule has 1 aromatic carbocycles. The number of nitrogens with zero attached hydrogens (tertiary/aromatic N) is 2. The highest BCUT2D eigenvalue weighted by atomic mass is 32.2. The van der Waals surface area contributed by atoms with Crippen LogP contribution in [0.5, 0.6) is 0 Å². The summed E-state index contributed by atoms with van der Waals surface area (Å²) in [6.45, 7) is 1.02. The second-order valence-corrected chi connectivity index (χ2v) is 8.02. The first-order valence-electron chi connectivity index (χ1n) is 9.08. The summed E-state index contributed by atoms with van der Waals surface area (Å²) < 4.78 is 4.90. The van der Waals surface area contributed by atoms with Gasteiger partial charge in [-0.25, -0.2) is 9.80 Å². The number of nitrogens with one attached hydrogen (secondary N) is 1. The molecular weight excluding hydrogens is 412 g/mol. The Morgan fingerprint density at radius 2 is 2.03 bits per heavy atom. The highest BCUT2D eigenvalue weighted by molar-refractivity contribution is 8.00. The lowest BCUT2D eigenvalue weighted by atomic mass is 10.0. The number of likely N-dealkylation sites (N-methyl/N-ethyl adjacent to an activating group) is 1. The molecule has 3 atom stereocenters. The number of carboxylic acids is 1. The first-order chi connectivity index (χ1) is 14.2. The van der Waals surface area contributed by atoms with Crippen LogP contribution >= 0.6 is 11.8 Å². The number of carbonyl (C=O) groups excluding carboxylic acids is 3. The number of β-lactam (4-membered cyclic amide) rings is 1. The molecule has 2 heterocycles. The number of fused-ring (bicyclic) bond motifs is 1. The number of amides is 2. The minimum absolute atomic E-state index is 0.203. The average Bonchev–Trinajstić information content (AvgIpc) is 2.70. The minimum atomic E-state index is -1.29. The zero-order valence-corrected chi connectivity index (χ0v) is 17.2. The number of hydrogen-bond acceptors (Lipinski definition) is 8. The fourth-order valence-corrected chi connectivity index (χ4v) is 4.75. The van der Waals surface area contributed by atoms with E-state index in [4.69, 9.17) is 10.6 Å². The maximum absolute atomic E-state index is 12.9. The lowest BCUT2D eigenvalue weighted by Gasteiger charge is -2.49. The third-order valence-electron chi connectivity index (χ3n) is 4.77. The van der Waals surface area contributed by atoms with Crippen LogP contribution in [-0.2, 0) is 23.9 Å². The molecule has 30 heavy (non-hydrogen) atoms. The minimum Gasteiger partial charge on any atom is -0.477 e. The molecular formula is C19H22N4O6S. The van der Waals surface area contributed by atoms with Crippen LogP contribution < -0.4 is 11.2 Å². The summed E-state index contributed by atoms with van der Waals surface area (Å²) in [5.74, 6) is 3.28. The van der Waals surface area contributed by atoms with E-state index >= 15 is 0 Å². The van der Waals surface area contributed by atoms with Crippen molar-refractivity contribution in [2.24, 2.45) is 5.84 Å². The number of esters is 1. The van der Waals surface area contributed by atoms with Crippen LogP contribution in [0.4, 0.5) is 0 Å². The summed E-state index contributed by atoms with van der Waals surface area (Å²) in [7, 11) is 1.55. The maximum atomic E-state index is 12.9. The zero-order valence-electron chi connectivity index (χ0n) is 16.4. The molecule has 0 radical (unpaired) electrons. The summed E-state index contributed by atoms with van der Waals surface area (Å²) in [4.78, 5) is 49.5. The fraction of sp³-hybridized carbons (Fsp3) is 0.368. The van der Waals surface area contributed by atoms with Crippen molar-refractivity contribution in [1.29, 1.82) is 0 Å². The van der Waals surface area contributed by atoms with Crippen molar-refractivity contribution in [2.45, 2.75) is 24.4 Å². The number of nitrogens with two attached hydrogens (primary N) is 1. The zero-order chi connectivity index (χ0) is 22.0. The summed E-state index contributed by atoms with van der Waals surface area (Å²) in [6.07, 6.45) is 0. The van der Waals surface area contributed by atoms with Crippen molar-refractivity contribution in [2.75, 3.05) is 19.4 Å². The molecule has 4 N–H and O–H groups in total. The van der Waals surface area contributed by atoms with E-state index in [9.17, 15) is 24.3 Å². The monoisotopic (exact) mass is 434 g/mol. The molecule has 2 aliphatic heterocycles. The van der Waals surface area contributed by atoms with Gasteiger partial charge in [0.15, 0.2) is 0 Å². The maximum Gasteiger partial charge on any atom is 0.352 e. The topological polar surface area (TPSA) is 142 Å². The molecule has 0 aromatic heterocycles. The van der Waals surface area contributed by atoms with Crippen molar-refractivity contribution in [3.63, 3.8) is 0 Å². The van der Waals surface area contributed by atoms with Gasteiger partial charge in [-0.05, 0) is 5.56 Å². The number of rotatable bonds is 7. The van der Waals surface area contributed by atoms with Crippen LogP contribution in [-0.4, -0.2) is 69.6 Å². The predicted octanol–water partition coefficient (Wildman–Crippen LogP) is -0.165. The van der Waals surface area contributed by atoms with Crippen LogP contribution in [0.1, 0.15) is 18.5 Å². The van der Waals surface area contributed by atoms with Gasteiger partial charge in [-0.15, -0.1) is 11.8 Å². The first-order valence-corrected chi connectivity index (χ1v) is 10.1. The van der Waals surface area contributed by atoms with Crippen molar-refractivity contribution in [3.05, 3.63) is 47.2 Å². The molecule has 0 aliphatic carbocycles. The second-order valence-electron chi connectivity index (χ2n) is 6.91. The summed E-state index contributed by atoms with van der Waals surface area (Å²) in [5.41, 5.74) is 0.793. The van der Waals surface area contributed by atoms with E-state index in [-0.39, 0.29) is 18.1 Å². The van der Waals surface area contributed by atoms with Gasteiger partial charge in [0, 0.05) is 25.3 Å². The van der Waals surface area contributed by atoms with Crippen molar-refractivity contribution >= 4 is 35.5 Å². The number of ether oxygens (including phenoxy) is 1. The Labute approximate surface area is 177 Å². The lowest BCUT2D eigenvalue weighted by molar-refractivity contribution is -0.151. The fourth-order valence-electron chi connectivity index (χ4n) is 3.42. The summed E-state index contributed by atoms with van der Waals surface area (Å²) >= 11 is 1.30. The van der Waals surface area contributed by atoms with Gasteiger partial charge in [-0.3, -0.25) is 25.1 Å². The summed E-state index contributed by atoms with van der Waals surface area (Å²) in [6, 6.07) is 7.19. The molecule has 0 spiro atoms. The van der Waals surface area contributed by atoms with E-state index in [0.29, 0.717) is 11.1 Å². The molecule has 160 valence electrons. The van der Waals surface area contributed by atoms with E-state index in [1.165, 1.54) is 23.7 Å². The Balaban J connectivity index is 1.77. The molecule has 1 aromatic rings. The highest BCUT2D eigenvalue weighted by Gasteiger charge is 2.54. The van der Waals surface area contributed by atoms with Crippen LogP contribution in [0.2, 0.25) is 0 Å². The third-order valence-corrected chi connectivity index (χ3v) is 6.11. The second kappa shape index (κ2) is 8.86. The molecule has 11 heteroatoms. The number of aliphatic carboxylic acids is 1. The Bertz CT molecular complexity index is 904. The number of hydrazine groups is 1. The number of hydrogen-bond donors (Lipinski definition) is 3. The molecule has 2 aliphatic rings. The van der Waals surface area contributed by atoms with Crippen molar-refractivity contribution in [3.8, 4) is 0 Å². The van der Waals surface area contributed by atoms with E-state index < -0.39 is 41.2 Å². The van der Waals surface area contributed by atoms with Gasteiger partial charge in [-0.1, -0.05) is 30.3 Å². The van der Waals surface area contributed by atoms with Crippen LogP contribution in [0, 0.1) is 0 Å². The lowest BCUT2D eigenvalue weighted by Crippen LogP contribution is -2.71. The van der Waals surface area contributed by atoms with Gasteiger partial charge < -0.3 is 15.2 Å². The first kappa shape index (κ1) is 21.8. The quantitative estimate of drug-likeness (QED) is 0.231. The number of carboxylic acid groups (broad SMARTS) is 1. The third kappa shape index (κ3) is 4.18. The average molecular weight is 434 g/mol. The van der Waals surface area contributed by atoms with Gasteiger partial charge in [0.1, 0.15) is 29.8 Å². The smallest absolute Gasteiger partial charge is 0.352 e. The van der Waals surface area contributed by atoms with Crippen molar-refractivity contribution in [1.82, 2.24) is 15.2 Å². The largest absolute Gasteiger partial charge is 0.477 e. The molecule has 3 rings (SSSR count). The number of carbonyl (C=O) groups is 4. The SMILES string of the molecule is CC(=O)OCC1=C(C(=O)O)N2C(=O)[C@@H](NC(=O)C(c3ccccc3)N(C)N)C2SC1. The molecule has 1 fully saturated rings. The number of thioether (sulfide) groups is 1. The van der Waals surface area contributed by atoms with Crippen LogP contribution in [0.15, 0.2) is 41.6 Å². The molecule has 2 unspecified atom stereocenters. The summed E-state index contributed by atoms with van der Waals surface area (Å²) in [5, 5.41) is 13.0. The van der Waals surface area contributed by atoms with Gasteiger partial charge in [0.05, 0.1) is 0 Å². The standard InChI is InChI=1S/C19H22N4O6S/c1-10(24)29-8-12-9-30-18-13(17(26)23(18)15(12)19(27)28)21-16(25)14(22(2)20)11-6-4-3-5-7-11/h3-7,13-14,18H,8-9,20H2,1-2H3,(H,21,25)(H,27,28)/t13-,14?,18?/m1/s1. The Morgan fingerprint density at radius 3 is 2.60 bits per heavy atom. The molecule has 10 nitrogen and oxygen atoms in total. The Morgan fingerprint density at radius 1 is 1.37 bits per heavy atom. The van der Waals surface area contributed by atoms with E-state index in [2.05, 4.69) is 5.32 Å². The van der Waals surface area contributed by atoms with E-state index in [1.807, 2.05) is 6.07 Å². The van der Waals surface area contributed by atoms with Gasteiger partial charge in [-0.2, -0.15) is 0 Å². The number of benzene rings is 1. The molecule has 2 amide bonds. The van der Waals surface area contributed by atoms with Gasteiger partial charge in [0.2, 0.25) is 5.91 Å². The molecule has 0 saturated carbocycles. The van der Waals surface area contributed by atoms with Gasteiger partial charge in [0.25, 0.3) is 5.91 Å². The Hall–Kier alpha value is -2.89. The Kier molecular flexibility index (Phi) is 6.44. The molecule has 0 bridgehead atoms. The van der Waals surface area contributed by atoms with Crippen LogP contribution in [0.3, 0.4) is 0 Å². The van der Waals surface area contributed by atoms with E-state index in [0.717, 1.165) is 4.90 Å². The van der Waals surface area contributed by atoms with E-state index in [1.54, 1.807) is 31.3 Å². The van der Waals surface area contributed by atoms with Gasteiger partial charge >= 0.3 is 11.9 Å². The van der Waals surface area contributed by atoms with Crippen molar-refractivity contribution < 1.29 is 29.0 Å². The predicted molar refractivity (Wildman–Crippen MR) is 107 cm³/mol. The highest BCUT2D eigenvalue weighted by Crippen LogP contribution is 2.40. The normalized spacial score (nSPS) is 21.6. The molecule has 1 saturated heterocycles.